The van der Waals surface area contributed by atoms with Crippen LogP contribution in [0.5, 0.6) is 0 Å². The third kappa shape index (κ3) is 8.62. The summed E-state index contributed by atoms with van der Waals surface area (Å²) in [6.45, 7) is 34.8. The van der Waals surface area contributed by atoms with E-state index in [0.717, 1.165) is 6.42 Å². The largest absolute Gasteiger partial charge is 0.333 e. The van der Waals surface area contributed by atoms with Crippen LogP contribution in [0.25, 0.3) is 41.7 Å². The molecule has 0 spiro atoms. The van der Waals surface area contributed by atoms with Crippen molar-refractivity contribution >= 4 is 22.3 Å². The molecule has 8 heteroatoms. The molecule has 8 nitrogen and oxygen atoms in total. The van der Waals surface area contributed by atoms with Crippen LogP contribution >= 0.6 is 0 Å². The Hall–Kier alpha value is -9.02. The molecule has 0 bridgehead atoms. The predicted molar refractivity (Wildman–Crippen MR) is 229 cm³/mol. The summed E-state index contributed by atoms with van der Waals surface area (Å²) in [5, 5.41) is 38.8. The Bertz CT molecular complexity index is 2760. The van der Waals surface area contributed by atoms with Crippen LogP contribution in [0.3, 0.4) is 0 Å². The van der Waals surface area contributed by atoms with E-state index in [1.807, 2.05) is 24.3 Å². The van der Waals surface area contributed by atoms with Crippen LogP contribution in [0.1, 0.15) is 47.2 Å². The van der Waals surface area contributed by atoms with Crippen molar-refractivity contribution in [2.75, 3.05) is 0 Å². The molecule has 1 unspecified atom stereocenters. The minimum absolute atomic E-state index is 0.172. The van der Waals surface area contributed by atoms with E-state index in [1.54, 1.807) is 78.9 Å². The molecular weight excluding hydrogens is 725 g/mol. The Labute approximate surface area is 345 Å². The average Bonchev–Trinajstić information content (AvgIpc) is 3.76. The van der Waals surface area contributed by atoms with Gasteiger partial charge in [-0.3, -0.25) is 4.85 Å². The monoisotopic (exact) mass is 756 g/mol. The molecule has 59 heavy (non-hydrogen) atoms. The molecule has 2 aliphatic carbocycles. The van der Waals surface area contributed by atoms with Gasteiger partial charge in [0.1, 0.15) is 0 Å². The van der Waals surface area contributed by atoms with E-state index in [4.69, 9.17) is 26.3 Å². The Morgan fingerprint density at radius 1 is 0.593 bits per heavy atom. The van der Waals surface area contributed by atoms with E-state index in [-0.39, 0.29) is 22.5 Å². The van der Waals surface area contributed by atoms with Crippen molar-refractivity contribution in [1.82, 2.24) is 0 Å². The number of allylic oxidation sites excluding steroid dienone is 13. The Morgan fingerprint density at radius 2 is 1.05 bits per heavy atom. The number of rotatable bonds is 7. The fourth-order valence-corrected chi connectivity index (χ4v) is 7.13. The van der Waals surface area contributed by atoms with E-state index in [1.165, 1.54) is 11.1 Å². The molecule has 0 heterocycles. The van der Waals surface area contributed by atoms with Crippen molar-refractivity contribution in [3.05, 3.63) is 247 Å². The predicted octanol–water partition coefficient (Wildman–Crippen LogP) is 11.7. The molecule has 0 saturated carbocycles. The van der Waals surface area contributed by atoms with Crippen LogP contribution in [0.2, 0.25) is 0 Å². The molecule has 0 aliphatic heterocycles. The summed E-state index contributed by atoms with van der Waals surface area (Å²) in [5.74, 6) is 0. The molecular formula is C51H32N8. The lowest BCUT2D eigenvalue weighted by Crippen LogP contribution is -2.20. The summed E-state index contributed by atoms with van der Waals surface area (Å²) in [6.07, 6.45) is 9.15. The Kier molecular flexibility index (Phi) is 13.3. The van der Waals surface area contributed by atoms with Crippen LogP contribution in [0.15, 0.2) is 168 Å². The number of nitriles is 4. The fraction of sp³-hybridized carbons (Fsp3) is 0.0980. The first-order chi connectivity index (χ1) is 28.7. The third-order valence-electron chi connectivity index (χ3n) is 9.73. The number of hydrogen-bond donors (Lipinski definition) is 0. The third-order valence-corrected chi connectivity index (χ3v) is 9.73. The van der Waals surface area contributed by atoms with Gasteiger partial charge in [0, 0.05) is 16.7 Å². The summed E-state index contributed by atoms with van der Waals surface area (Å²) in [5.41, 5.74) is 6.92. The van der Waals surface area contributed by atoms with Crippen LogP contribution in [-0.2, 0) is 11.8 Å². The molecule has 276 valence electrons. The first kappa shape index (κ1) is 41.1. The minimum atomic E-state index is -1.16. The van der Waals surface area contributed by atoms with Gasteiger partial charge in [-0.1, -0.05) is 153 Å². The Morgan fingerprint density at radius 3 is 1.53 bits per heavy atom. The van der Waals surface area contributed by atoms with Gasteiger partial charge in [0.25, 0.3) is 17.1 Å². The van der Waals surface area contributed by atoms with Gasteiger partial charge >= 0.3 is 6.04 Å². The van der Waals surface area contributed by atoms with Gasteiger partial charge in [0.2, 0.25) is 0 Å². The van der Waals surface area contributed by atoms with Crippen LogP contribution < -0.4 is 0 Å². The average molecular weight is 757 g/mol. The Balaban J connectivity index is 0.000000343. The molecule has 2 aliphatic rings. The molecule has 0 fully saturated rings. The summed E-state index contributed by atoms with van der Waals surface area (Å²) >= 11 is 0. The standard InChI is InChI=1S/C35H14N8.C16H18/c1-40-28(18-36)32-22-12-8-9-13-23(22)33(29(19-37)41-2)26(32)16-6-5-7-17-27-34(30(20-38)42-3)24-14-10-11-15-25(24)35(27)31(21-39)43-4;1-16(2,15-11-7-4-8-12-15)13-14-9-5-3-6-10-14/h5-17,28H;3-12H,13H2,1-2H3/b7-5+,16-6+,33-29+,34-30-,35-31-;. The first-order valence-corrected chi connectivity index (χ1v) is 18.1. The van der Waals surface area contributed by atoms with E-state index >= 15 is 0 Å². The highest BCUT2D eigenvalue weighted by atomic mass is 14.7. The van der Waals surface area contributed by atoms with E-state index in [9.17, 15) is 21.0 Å². The quantitative estimate of drug-likeness (QED) is 0.106. The smallest absolute Gasteiger partial charge is 0.292 e. The molecule has 0 N–H and O–H groups in total. The summed E-state index contributed by atoms with van der Waals surface area (Å²) < 4.78 is 0. The lowest BCUT2D eigenvalue weighted by molar-refractivity contribution is 0.522. The summed E-state index contributed by atoms with van der Waals surface area (Å²) in [7, 11) is 0. The van der Waals surface area contributed by atoms with Crippen molar-refractivity contribution in [3.8, 4) is 24.3 Å². The maximum Gasteiger partial charge on any atom is 0.333 e. The highest BCUT2D eigenvalue weighted by Crippen LogP contribution is 2.49. The van der Waals surface area contributed by atoms with Gasteiger partial charge < -0.3 is 0 Å². The van der Waals surface area contributed by atoms with Crippen molar-refractivity contribution in [3.63, 3.8) is 0 Å². The molecule has 4 aromatic rings. The number of nitrogens with zero attached hydrogens (tertiary/aromatic N) is 8. The molecule has 0 radical (unpaired) electrons. The SMILES string of the molecule is CC(C)(Cc1ccccc1)c1ccccc1.[C-]#[N+]/C(C#N)=C1/C(/C=C/C=C/C=C2C(=C(/C#N)[N+]#[C-])/c3ccccc3/C2=C(\C#N)[N+]#[C-])=C(C(C#N)[N+]#[C-])c2ccccc21. The van der Waals surface area contributed by atoms with Crippen molar-refractivity contribution in [2.24, 2.45) is 0 Å². The molecule has 6 rings (SSSR count). The van der Waals surface area contributed by atoms with Gasteiger partial charge in [-0.15, -0.1) is 0 Å². The second-order valence-corrected chi connectivity index (χ2v) is 13.7. The summed E-state index contributed by atoms with van der Waals surface area (Å²) in [6, 6.07) is 41.9. The number of hydrogen-bond acceptors (Lipinski definition) is 4. The van der Waals surface area contributed by atoms with Gasteiger partial charge in [-0.05, 0) is 56.4 Å². The lowest BCUT2D eigenvalue weighted by atomic mass is 9.79. The van der Waals surface area contributed by atoms with Crippen molar-refractivity contribution in [1.29, 1.82) is 21.0 Å². The van der Waals surface area contributed by atoms with Crippen LogP contribution in [0.4, 0.5) is 0 Å². The van der Waals surface area contributed by atoms with Crippen LogP contribution in [0, 0.1) is 71.6 Å². The number of fused-ring (bicyclic) bond motifs is 2. The topological polar surface area (TPSA) is 113 Å². The zero-order chi connectivity index (χ0) is 42.4. The number of benzene rings is 4. The fourth-order valence-electron chi connectivity index (χ4n) is 7.13. The van der Waals surface area contributed by atoms with E-state index in [0.29, 0.717) is 55.7 Å². The first-order valence-electron chi connectivity index (χ1n) is 18.1. The highest BCUT2D eigenvalue weighted by molar-refractivity contribution is 6.12. The molecule has 0 aromatic heterocycles. The maximum atomic E-state index is 9.71. The van der Waals surface area contributed by atoms with Gasteiger partial charge in [-0.25, -0.2) is 36.9 Å². The van der Waals surface area contributed by atoms with Gasteiger partial charge in [0.15, 0.2) is 6.07 Å². The second kappa shape index (κ2) is 19.0. The van der Waals surface area contributed by atoms with E-state index < -0.39 is 6.04 Å². The highest BCUT2D eigenvalue weighted by Gasteiger charge is 2.35. The molecule has 4 aromatic carbocycles. The zero-order valence-electron chi connectivity index (χ0n) is 32.1. The van der Waals surface area contributed by atoms with Gasteiger partial charge in [-0.2, -0.15) is 5.26 Å². The van der Waals surface area contributed by atoms with Crippen molar-refractivity contribution < 1.29 is 0 Å². The molecule has 0 saturated heterocycles. The minimum Gasteiger partial charge on any atom is -0.292 e. The van der Waals surface area contributed by atoms with E-state index in [2.05, 4.69) is 93.9 Å². The van der Waals surface area contributed by atoms with Crippen molar-refractivity contribution in [2.45, 2.75) is 31.7 Å². The molecule has 0 amide bonds. The maximum absolute atomic E-state index is 9.71. The second-order valence-electron chi connectivity index (χ2n) is 13.7. The summed E-state index contributed by atoms with van der Waals surface area (Å²) in [4.78, 5) is 13.6. The van der Waals surface area contributed by atoms with Crippen LogP contribution in [-0.4, -0.2) is 6.04 Å². The molecule has 1 atom stereocenters. The zero-order valence-corrected chi connectivity index (χ0v) is 32.1. The van der Waals surface area contributed by atoms with Gasteiger partial charge in [0.05, 0.1) is 43.5 Å². The normalized spacial score (nSPS) is 15.5. The lowest BCUT2D eigenvalue weighted by Gasteiger charge is -2.25.